The van der Waals surface area contributed by atoms with Gasteiger partial charge in [0.05, 0.1) is 43.7 Å². The van der Waals surface area contributed by atoms with Crippen LogP contribution >= 0.6 is 0 Å². The second kappa shape index (κ2) is 17.2. The van der Waals surface area contributed by atoms with E-state index in [0.717, 1.165) is 32.1 Å². The Morgan fingerprint density at radius 3 is 2.02 bits per heavy atom. The molecular formula is C45H72O18. The maximum absolute atomic E-state index is 11.6. The van der Waals surface area contributed by atoms with Gasteiger partial charge in [-0.3, -0.25) is 0 Å². The van der Waals surface area contributed by atoms with Crippen molar-refractivity contribution in [3.8, 4) is 0 Å². The van der Waals surface area contributed by atoms with E-state index in [2.05, 4.69) is 26.8 Å². The Labute approximate surface area is 368 Å². The van der Waals surface area contributed by atoms with E-state index in [9.17, 15) is 51.1 Å². The third kappa shape index (κ3) is 7.81. The van der Waals surface area contributed by atoms with Crippen LogP contribution in [0.1, 0.15) is 92.4 Å². The minimum absolute atomic E-state index is 0.0807. The number of hydrogen-bond donors (Lipinski definition) is 10. The van der Waals surface area contributed by atoms with Crippen LogP contribution in [0, 0.1) is 40.4 Å². The molecule has 0 aromatic carbocycles. The lowest BCUT2D eigenvalue weighted by Crippen LogP contribution is -2.67. The van der Waals surface area contributed by atoms with Crippen LogP contribution in [-0.2, 0) is 37.9 Å². The van der Waals surface area contributed by atoms with Crippen LogP contribution in [-0.4, -0.2) is 187 Å². The molecule has 0 radical (unpaired) electrons. The molecule has 10 N–H and O–H groups in total. The molecule has 18 nitrogen and oxygen atoms in total. The summed E-state index contributed by atoms with van der Waals surface area (Å²) in [7, 11) is 0. The van der Waals surface area contributed by atoms with Crippen molar-refractivity contribution in [3.05, 3.63) is 11.6 Å². The maximum Gasteiger partial charge on any atom is 0.187 e. The fraction of sp³-hybridized carbons (Fsp3) is 0.956. The molecule has 0 bridgehead atoms. The molecule has 9 rings (SSSR count). The highest BCUT2D eigenvalue weighted by Crippen LogP contribution is 2.71. The van der Waals surface area contributed by atoms with E-state index in [1.165, 1.54) is 12.5 Å². The molecule has 0 unspecified atom stereocenters. The molecule has 5 heterocycles. The Morgan fingerprint density at radius 2 is 1.33 bits per heavy atom. The Balaban J connectivity index is 0.936. The highest BCUT2D eigenvalue weighted by atomic mass is 16.8. The Kier molecular flexibility index (Phi) is 12.9. The van der Waals surface area contributed by atoms with Gasteiger partial charge in [-0.25, -0.2) is 0 Å². The number of ether oxygens (including phenoxy) is 8. The van der Waals surface area contributed by atoms with Crippen LogP contribution in [0.5, 0.6) is 0 Å². The summed E-state index contributed by atoms with van der Waals surface area (Å²) in [6.07, 6.45) is -13.7. The Bertz CT molecular complexity index is 1650. The van der Waals surface area contributed by atoms with Crippen molar-refractivity contribution in [3.63, 3.8) is 0 Å². The minimum atomic E-state index is -1.85. The van der Waals surface area contributed by atoms with E-state index >= 15 is 0 Å². The van der Waals surface area contributed by atoms with Gasteiger partial charge in [0, 0.05) is 12.3 Å². The Hall–Kier alpha value is -0.980. The van der Waals surface area contributed by atoms with Crippen molar-refractivity contribution < 1.29 is 89.0 Å². The summed E-state index contributed by atoms with van der Waals surface area (Å²) in [5, 5.41) is 106. The predicted molar refractivity (Wildman–Crippen MR) is 216 cm³/mol. The van der Waals surface area contributed by atoms with Gasteiger partial charge >= 0.3 is 0 Å². The normalized spacial score (nSPS) is 58.1. The lowest BCUT2D eigenvalue weighted by Gasteiger charge is -2.59. The first-order valence-corrected chi connectivity index (χ1v) is 23.4. The molecule has 360 valence electrons. The molecule has 8 fully saturated rings. The van der Waals surface area contributed by atoms with E-state index in [4.69, 9.17) is 37.9 Å². The number of hydrogen-bond acceptors (Lipinski definition) is 18. The zero-order chi connectivity index (χ0) is 45.1. The van der Waals surface area contributed by atoms with Crippen molar-refractivity contribution in [1.29, 1.82) is 0 Å². The van der Waals surface area contributed by atoms with Gasteiger partial charge in [-0.05, 0) is 99.7 Å². The fourth-order valence-corrected chi connectivity index (χ4v) is 14.0. The molecule has 9 aliphatic rings. The van der Waals surface area contributed by atoms with E-state index in [1.54, 1.807) is 0 Å². The van der Waals surface area contributed by atoms with E-state index in [0.29, 0.717) is 49.4 Å². The van der Waals surface area contributed by atoms with Crippen molar-refractivity contribution in [2.24, 2.45) is 40.4 Å². The third-order valence-corrected chi connectivity index (χ3v) is 17.7. The third-order valence-electron chi connectivity index (χ3n) is 17.7. The zero-order valence-electron chi connectivity index (χ0n) is 37.0. The Morgan fingerprint density at radius 1 is 0.683 bits per heavy atom. The van der Waals surface area contributed by atoms with Crippen molar-refractivity contribution in [2.45, 2.75) is 208 Å². The molecule has 4 aliphatic carbocycles. The first-order chi connectivity index (χ1) is 29.8. The van der Waals surface area contributed by atoms with Crippen molar-refractivity contribution in [2.75, 3.05) is 19.8 Å². The SMILES string of the molecule is C[C@@H]1O[C@@H](O[C@H]2[C@H](O[C@H]3CC[C@@]4(C)C(=CC[C@H]5[C@@H]6C[C@@H]7O[C@]8(CC[C@@](C)(O)CO8)[C@@H](C)[C@@H]7[C@@]6(C)CC[C@@H]54)C3)O[C@H](CO)[C@H](O)[C@@H]2O[C@@H]2O[C@H](CO)[C@@H](O)[C@H](O)[C@H]2O)[C@H](O)[C@H](O)[C@H]1O. The molecule has 3 saturated carbocycles. The fourth-order valence-electron chi connectivity index (χ4n) is 14.0. The van der Waals surface area contributed by atoms with E-state index < -0.39 is 123 Å². The van der Waals surface area contributed by atoms with Gasteiger partial charge in [0.1, 0.15) is 67.1 Å². The summed E-state index contributed by atoms with van der Waals surface area (Å²) in [6.45, 7) is 9.33. The van der Waals surface area contributed by atoms with Crippen LogP contribution in [0.2, 0.25) is 0 Å². The average molecular weight is 901 g/mol. The first-order valence-electron chi connectivity index (χ1n) is 23.4. The first kappa shape index (κ1) is 47.1. The van der Waals surface area contributed by atoms with E-state index in [1.807, 2.05) is 6.92 Å². The van der Waals surface area contributed by atoms with Gasteiger partial charge in [-0.15, -0.1) is 0 Å². The summed E-state index contributed by atoms with van der Waals surface area (Å²) in [6, 6.07) is 0. The summed E-state index contributed by atoms with van der Waals surface area (Å²) < 4.78 is 50.0. The molecule has 26 atom stereocenters. The van der Waals surface area contributed by atoms with Gasteiger partial charge in [-0.2, -0.15) is 0 Å². The van der Waals surface area contributed by atoms with Crippen LogP contribution < -0.4 is 0 Å². The number of rotatable bonds is 8. The van der Waals surface area contributed by atoms with Crippen LogP contribution in [0.25, 0.3) is 0 Å². The van der Waals surface area contributed by atoms with Crippen LogP contribution in [0.3, 0.4) is 0 Å². The second-order valence-corrected chi connectivity index (χ2v) is 21.4. The van der Waals surface area contributed by atoms with Gasteiger partial charge < -0.3 is 89.0 Å². The molecule has 0 aromatic rings. The lowest BCUT2D eigenvalue weighted by atomic mass is 9.47. The molecule has 5 aliphatic heterocycles. The number of aliphatic hydroxyl groups is 10. The largest absolute Gasteiger partial charge is 0.394 e. The standard InChI is InChI=1S/C45H72O18/c1-19-29-26(63-45(19)13-12-42(3,55)18-56-45)15-25-23-7-6-21-14-22(8-10-43(21,4)24(23)9-11-44(25,29)5)58-41-38(62-39-35(53)33(51)30(48)20(2)57-39)37(32(50)28(17-47)60-41)61-40-36(54)34(52)31(49)27(16-46)59-40/h6,19-20,22-41,46-55H,7-18H2,1-5H3/t19-,20-,22-,23+,24-,25-,26-,27+,28+,29-,30-,31+,32-,33+,34-,35+,36+,37-,38+,39-,40-,41+,42+,43-,44-,45+/m0/s1. The van der Waals surface area contributed by atoms with Crippen molar-refractivity contribution in [1.82, 2.24) is 0 Å². The number of allylic oxidation sites excluding steroid dienone is 1. The van der Waals surface area contributed by atoms with Gasteiger partial charge in [0.2, 0.25) is 0 Å². The molecule has 0 aromatic heterocycles. The molecular weight excluding hydrogens is 828 g/mol. The topological polar surface area (TPSA) is 276 Å². The van der Waals surface area contributed by atoms with Gasteiger partial charge in [0.15, 0.2) is 24.7 Å². The molecule has 18 heteroatoms. The van der Waals surface area contributed by atoms with Gasteiger partial charge in [-0.1, -0.05) is 32.4 Å². The molecule has 63 heavy (non-hydrogen) atoms. The van der Waals surface area contributed by atoms with Gasteiger partial charge in [0.25, 0.3) is 0 Å². The highest BCUT2D eigenvalue weighted by Gasteiger charge is 2.69. The monoisotopic (exact) mass is 900 g/mol. The molecule has 0 amide bonds. The van der Waals surface area contributed by atoms with Crippen LogP contribution in [0.15, 0.2) is 11.6 Å². The average Bonchev–Trinajstić information content (AvgIpc) is 3.71. The van der Waals surface area contributed by atoms with Crippen LogP contribution in [0.4, 0.5) is 0 Å². The number of aliphatic hydroxyl groups excluding tert-OH is 9. The predicted octanol–water partition coefficient (Wildman–Crippen LogP) is -0.671. The molecule has 1 spiro atoms. The summed E-state index contributed by atoms with van der Waals surface area (Å²) in [4.78, 5) is 0. The number of fused-ring (bicyclic) bond motifs is 7. The molecule has 5 saturated heterocycles. The smallest absolute Gasteiger partial charge is 0.187 e. The summed E-state index contributed by atoms with van der Waals surface area (Å²) in [5.41, 5.74) is 0.493. The highest BCUT2D eigenvalue weighted by molar-refractivity contribution is 5.26. The zero-order valence-corrected chi connectivity index (χ0v) is 37.0. The summed E-state index contributed by atoms with van der Waals surface area (Å²) >= 11 is 0. The quantitative estimate of drug-likeness (QED) is 0.135. The van der Waals surface area contributed by atoms with E-state index in [-0.39, 0.29) is 29.5 Å². The van der Waals surface area contributed by atoms with Crippen molar-refractivity contribution >= 4 is 0 Å². The second-order valence-electron chi connectivity index (χ2n) is 21.4. The lowest BCUT2D eigenvalue weighted by molar-refractivity contribution is -0.394. The summed E-state index contributed by atoms with van der Waals surface area (Å²) in [5.74, 6) is 1.42. The maximum atomic E-state index is 11.6. The minimum Gasteiger partial charge on any atom is -0.394 e.